The van der Waals surface area contributed by atoms with E-state index in [0.717, 1.165) is 19.3 Å². The van der Waals surface area contributed by atoms with E-state index in [4.69, 9.17) is 4.74 Å². The summed E-state index contributed by atoms with van der Waals surface area (Å²) in [5.74, 6) is 0.0156. The van der Waals surface area contributed by atoms with Crippen LogP contribution in [0.2, 0.25) is 0 Å². The molecule has 0 radical (unpaired) electrons. The Morgan fingerprint density at radius 3 is 2.81 bits per heavy atom. The monoisotopic (exact) mass is 301 g/mol. The van der Waals surface area contributed by atoms with Gasteiger partial charge in [-0.2, -0.15) is 0 Å². The molecule has 1 aromatic heterocycles. The molecule has 2 aromatic rings. The number of hydrogen-bond donors (Lipinski definition) is 1. The second-order valence-corrected chi connectivity index (χ2v) is 6.25. The van der Waals surface area contributed by atoms with Crippen LogP contribution in [0.1, 0.15) is 29.3 Å². The third-order valence-electron chi connectivity index (χ3n) is 3.71. The van der Waals surface area contributed by atoms with E-state index in [1.807, 2.05) is 29.6 Å². The molecule has 0 saturated carbocycles. The van der Waals surface area contributed by atoms with Crippen LogP contribution in [-0.2, 0) is 16.0 Å². The van der Waals surface area contributed by atoms with Gasteiger partial charge in [-0.3, -0.25) is 4.79 Å². The molecule has 4 heteroatoms. The lowest BCUT2D eigenvalue weighted by Crippen LogP contribution is -2.37. The Labute approximate surface area is 129 Å². The van der Waals surface area contributed by atoms with Crippen molar-refractivity contribution < 1.29 is 9.53 Å². The van der Waals surface area contributed by atoms with Gasteiger partial charge >= 0.3 is 0 Å². The molecule has 0 spiro atoms. The van der Waals surface area contributed by atoms with Crippen molar-refractivity contribution in [1.82, 2.24) is 5.32 Å². The van der Waals surface area contributed by atoms with Gasteiger partial charge in [0.1, 0.15) is 6.10 Å². The Bertz CT molecular complexity index is 562. The first-order valence-electron chi connectivity index (χ1n) is 7.32. The van der Waals surface area contributed by atoms with Gasteiger partial charge in [0.15, 0.2) is 0 Å². The van der Waals surface area contributed by atoms with Crippen LogP contribution in [0.4, 0.5) is 0 Å². The van der Waals surface area contributed by atoms with Crippen molar-refractivity contribution in [3.05, 3.63) is 58.3 Å². The molecule has 3 nitrogen and oxygen atoms in total. The molecular formula is C17H19NO2S. The summed E-state index contributed by atoms with van der Waals surface area (Å²) in [5, 5.41) is 5.20. The second-order valence-electron chi connectivity index (χ2n) is 5.27. The standard InChI is InChI=1S/C17H19NO2S/c19-17(15-8-4-10-20-15)18-14(16-9-5-11-21-16)12-13-6-2-1-3-7-13/h1-3,5-7,9,11,14-15H,4,8,10,12H2,(H,18,19)/t14-,15-/m0/s1. The van der Waals surface area contributed by atoms with E-state index in [9.17, 15) is 4.79 Å². The van der Waals surface area contributed by atoms with Crippen molar-refractivity contribution in [3.63, 3.8) is 0 Å². The molecule has 0 aliphatic carbocycles. The maximum Gasteiger partial charge on any atom is 0.249 e. The average molecular weight is 301 g/mol. The highest BCUT2D eigenvalue weighted by molar-refractivity contribution is 7.10. The summed E-state index contributed by atoms with van der Waals surface area (Å²) in [7, 11) is 0. The van der Waals surface area contributed by atoms with Crippen LogP contribution < -0.4 is 5.32 Å². The largest absolute Gasteiger partial charge is 0.368 e. The van der Waals surface area contributed by atoms with Crippen LogP contribution in [-0.4, -0.2) is 18.6 Å². The molecule has 1 aliphatic heterocycles. The lowest BCUT2D eigenvalue weighted by Gasteiger charge is -2.20. The molecule has 0 bridgehead atoms. The summed E-state index contributed by atoms with van der Waals surface area (Å²) in [4.78, 5) is 13.5. The van der Waals surface area contributed by atoms with Crippen molar-refractivity contribution in [1.29, 1.82) is 0 Å². The zero-order chi connectivity index (χ0) is 14.5. The van der Waals surface area contributed by atoms with Crippen molar-refractivity contribution in [3.8, 4) is 0 Å². The molecule has 1 amide bonds. The molecule has 110 valence electrons. The van der Waals surface area contributed by atoms with Gasteiger partial charge in [0.2, 0.25) is 5.91 Å². The Hall–Kier alpha value is -1.65. The van der Waals surface area contributed by atoms with Gasteiger partial charge in [-0.05, 0) is 36.3 Å². The highest BCUT2D eigenvalue weighted by Crippen LogP contribution is 2.24. The molecule has 3 rings (SSSR count). The molecule has 1 N–H and O–H groups in total. The number of thiophene rings is 1. The molecule has 1 saturated heterocycles. The highest BCUT2D eigenvalue weighted by atomic mass is 32.1. The number of hydrogen-bond acceptors (Lipinski definition) is 3. The highest BCUT2D eigenvalue weighted by Gasteiger charge is 2.26. The number of nitrogens with one attached hydrogen (secondary N) is 1. The quantitative estimate of drug-likeness (QED) is 0.920. The van der Waals surface area contributed by atoms with Crippen molar-refractivity contribution >= 4 is 17.2 Å². The van der Waals surface area contributed by atoms with Gasteiger partial charge in [0, 0.05) is 11.5 Å². The van der Waals surface area contributed by atoms with E-state index in [0.29, 0.717) is 6.61 Å². The zero-order valence-corrected chi connectivity index (χ0v) is 12.6. The summed E-state index contributed by atoms with van der Waals surface area (Å²) < 4.78 is 5.47. The van der Waals surface area contributed by atoms with E-state index >= 15 is 0 Å². The topological polar surface area (TPSA) is 38.3 Å². The predicted octanol–water partition coefficient (Wildman–Crippen LogP) is 3.33. The first-order valence-corrected chi connectivity index (χ1v) is 8.20. The molecule has 2 heterocycles. The smallest absolute Gasteiger partial charge is 0.249 e. The fourth-order valence-corrected chi connectivity index (χ4v) is 3.39. The summed E-state index contributed by atoms with van der Waals surface area (Å²) in [6.45, 7) is 0.695. The molecule has 1 aliphatic rings. The SMILES string of the molecule is O=C(N[C@@H](Cc1ccccc1)c1cccs1)[C@@H]1CCCO1. The summed E-state index contributed by atoms with van der Waals surface area (Å²) in [6.07, 6.45) is 2.33. The number of amides is 1. The lowest BCUT2D eigenvalue weighted by atomic mass is 10.0. The minimum absolute atomic E-state index is 0.0156. The van der Waals surface area contributed by atoms with Crippen LogP contribution in [0.3, 0.4) is 0 Å². The maximum atomic E-state index is 12.3. The summed E-state index contributed by atoms with van der Waals surface area (Å²) in [5.41, 5.74) is 1.23. The summed E-state index contributed by atoms with van der Waals surface area (Å²) in [6, 6.07) is 14.4. The average Bonchev–Trinajstić information content (AvgIpc) is 3.21. The molecule has 1 aromatic carbocycles. The van der Waals surface area contributed by atoms with E-state index < -0.39 is 0 Å². The minimum Gasteiger partial charge on any atom is -0.368 e. The number of carbonyl (C=O) groups is 1. The van der Waals surface area contributed by atoms with Gasteiger partial charge in [0.05, 0.1) is 6.04 Å². The molecule has 0 unspecified atom stereocenters. The normalized spacial score (nSPS) is 19.3. The fraction of sp³-hybridized carbons (Fsp3) is 0.353. The Morgan fingerprint density at radius 1 is 1.29 bits per heavy atom. The number of benzene rings is 1. The van der Waals surface area contributed by atoms with Crippen LogP contribution >= 0.6 is 11.3 Å². The molecule has 2 atom stereocenters. The van der Waals surface area contributed by atoms with E-state index in [1.165, 1.54) is 10.4 Å². The van der Waals surface area contributed by atoms with Crippen LogP contribution in [0.15, 0.2) is 47.8 Å². The van der Waals surface area contributed by atoms with E-state index in [2.05, 4.69) is 23.5 Å². The van der Waals surface area contributed by atoms with Crippen molar-refractivity contribution in [2.24, 2.45) is 0 Å². The predicted molar refractivity (Wildman–Crippen MR) is 84.3 cm³/mol. The van der Waals surface area contributed by atoms with Gasteiger partial charge in [-0.15, -0.1) is 11.3 Å². The third-order valence-corrected chi connectivity index (χ3v) is 4.69. The number of ether oxygens (including phenoxy) is 1. The fourth-order valence-electron chi connectivity index (χ4n) is 2.61. The van der Waals surface area contributed by atoms with Gasteiger partial charge in [0.25, 0.3) is 0 Å². The van der Waals surface area contributed by atoms with Crippen molar-refractivity contribution in [2.75, 3.05) is 6.61 Å². The van der Waals surface area contributed by atoms with Crippen molar-refractivity contribution in [2.45, 2.75) is 31.4 Å². The first kappa shape index (κ1) is 14.3. The maximum absolute atomic E-state index is 12.3. The van der Waals surface area contributed by atoms with Gasteiger partial charge < -0.3 is 10.1 Å². The van der Waals surface area contributed by atoms with E-state index in [-0.39, 0.29) is 18.1 Å². The van der Waals surface area contributed by atoms with E-state index in [1.54, 1.807) is 11.3 Å². The zero-order valence-electron chi connectivity index (χ0n) is 11.8. The first-order chi connectivity index (χ1) is 10.3. The molecular weight excluding hydrogens is 282 g/mol. The van der Waals surface area contributed by atoms with Gasteiger partial charge in [-0.1, -0.05) is 36.4 Å². The molecule has 1 fully saturated rings. The Balaban J connectivity index is 1.72. The number of rotatable bonds is 5. The minimum atomic E-state index is -0.275. The Kier molecular flexibility index (Phi) is 4.68. The third kappa shape index (κ3) is 3.71. The van der Waals surface area contributed by atoms with Crippen LogP contribution in [0.25, 0.3) is 0 Å². The Morgan fingerprint density at radius 2 is 2.14 bits per heavy atom. The lowest BCUT2D eigenvalue weighted by molar-refractivity contribution is -0.130. The van der Waals surface area contributed by atoms with Gasteiger partial charge in [-0.25, -0.2) is 0 Å². The second kappa shape index (κ2) is 6.87. The summed E-state index contributed by atoms with van der Waals surface area (Å²) >= 11 is 1.68. The number of carbonyl (C=O) groups excluding carboxylic acids is 1. The van der Waals surface area contributed by atoms with Crippen LogP contribution in [0.5, 0.6) is 0 Å². The van der Waals surface area contributed by atoms with Crippen LogP contribution in [0, 0.1) is 0 Å². The molecule has 21 heavy (non-hydrogen) atoms.